The van der Waals surface area contributed by atoms with Crippen molar-refractivity contribution in [2.75, 3.05) is 0 Å². The lowest BCUT2D eigenvalue weighted by atomic mass is 9.86. The Morgan fingerprint density at radius 3 is 2.50 bits per heavy atom. The molecule has 1 aliphatic carbocycles. The first-order valence-electron chi connectivity index (χ1n) is 5.93. The largest absolute Gasteiger partial charge is 0.0843 e. The van der Waals surface area contributed by atoms with Gasteiger partial charge in [-0.2, -0.15) is 0 Å². The van der Waals surface area contributed by atoms with Crippen LogP contribution in [0.2, 0.25) is 5.02 Å². The van der Waals surface area contributed by atoms with Crippen LogP contribution in [-0.2, 0) is 0 Å². The van der Waals surface area contributed by atoms with Crippen LogP contribution in [-0.4, -0.2) is 0 Å². The summed E-state index contributed by atoms with van der Waals surface area (Å²) in [6.45, 7) is 2.24. The summed E-state index contributed by atoms with van der Waals surface area (Å²) in [5.74, 6) is 0.522. The van der Waals surface area contributed by atoms with Crippen molar-refractivity contribution in [2.24, 2.45) is 0 Å². The van der Waals surface area contributed by atoms with Crippen LogP contribution < -0.4 is 0 Å². The van der Waals surface area contributed by atoms with Crippen LogP contribution in [0.1, 0.15) is 37.7 Å². The maximum Gasteiger partial charge on any atom is 0.0406 e. The average molecular weight is 233 g/mol. The Bertz CT molecular complexity index is 398. The molecule has 0 saturated heterocycles. The van der Waals surface area contributed by atoms with Crippen LogP contribution in [0.4, 0.5) is 0 Å². The van der Waals surface area contributed by atoms with Crippen LogP contribution >= 0.6 is 11.6 Å². The zero-order valence-corrected chi connectivity index (χ0v) is 10.4. The van der Waals surface area contributed by atoms with Crippen LogP contribution in [0.25, 0.3) is 0 Å². The molecule has 16 heavy (non-hydrogen) atoms. The second kappa shape index (κ2) is 5.36. The lowest BCUT2D eigenvalue weighted by Crippen LogP contribution is -2.01. The zero-order valence-electron chi connectivity index (χ0n) is 9.62. The van der Waals surface area contributed by atoms with E-state index in [2.05, 4.69) is 37.3 Å². The van der Waals surface area contributed by atoms with Crippen molar-refractivity contribution < 1.29 is 0 Å². The minimum absolute atomic E-state index is 0.522. The molecule has 0 aromatic heterocycles. The Morgan fingerprint density at radius 1 is 1.19 bits per heavy atom. The van der Waals surface area contributed by atoms with Gasteiger partial charge in [0.15, 0.2) is 0 Å². The molecule has 1 unspecified atom stereocenters. The normalized spacial score (nSPS) is 17.0. The van der Waals surface area contributed by atoms with E-state index in [4.69, 9.17) is 11.6 Å². The molecule has 1 heteroatoms. The fourth-order valence-electron chi connectivity index (χ4n) is 2.25. The van der Waals surface area contributed by atoms with E-state index in [9.17, 15) is 0 Å². The van der Waals surface area contributed by atoms with Gasteiger partial charge in [0.2, 0.25) is 0 Å². The van der Waals surface area contributed by atoms with Crippen molar-refractivity contribution in [1.82, 2.24) is 0 Å². The summed E-state index contributed by atoms with van der Waals surface area (Å²) < 4.78 is 0. The minimum Gasteiger partial charge on any atom is -0.0843 e. The standard InChI is InChI=1S/C15H17Cl/c1-2-15(12-6-4-3-5-7-12)13-8-10-14(16)11-9-13/h4,6-11,15H,2-3,5H2,1H3. The van der Waals surface area contributed by atoms with E-state index in [0.29, 0.717) is 5.92 Å². The average Bonchev–Trinajstić information content (AvgIpc) is 2.34. The fraction of sp³-hybridized carbons (Fsp3) is 0.333. The van der Waals surface area contributed by atoms with Crippen molar-refractivity contribution in [1.29, 1.82) is 0 Å². The van der Waals surface area contributed by atoms with Crippen molar-refractivity contribution in [3.63, 3.8) is 0 Å². The third kappa shape index (κ3) is 2.56. The molecule has 0 saturated carbocycles. The summed E-state index contributed by atoms with van der Waals surface area (Å²) >= 11 is 5.92. The molecule has 0 heterocycles. The number of benzene rings is 1. The molecule has 1 atom stereocenters. The highest BCUT2D eigenvalue weighted by Gasteiger charge is 2.13. The quantitative estimate of drug-likeness (QED) is 0.679. The minimum atomic E-state index is 0.522. The van der Waals surface area contributed by atoms with Crippen molar-refractivity contribution >= 4 is 11.6 Å². The SMILES string of the molecule is CCC(C1=CCCC=C1)c1ccc(Cl)cc1. The molecule has 1 aromatic rings. The third-order valence-corrected chi connectivity index (χ3v) is 3.36. The van der Waals surface area contributed by atoms with Gasteiger partial charge < -0.3 is 0 Å². The first-order chi connectivity index (χ1) is 7.81. The topological polar surface area (TPSA) is 0 Å². The predicted molar refractivity (Wildman–Crippen MR) is 70.9 cm³/mol. The van der Waals surface area contributed by atoms with E-state index in [1.54, 1.807) is 0 Å². The van der Waals surface area contributed by atoms with Gasteiger partial charge in [0, 0.05) is 10.9 Å². The molecule has 1 aromatic carbocycles. The summed E-state index contributed by atoms with van der Waals surface area (Å²) in [5, 5.41) is 0.812. The molecule has 0 nitrogen and oxygen atoms in total. The molecule has 0 radical (unpaired) electrons. The van der Waals surface area contributed by atoms with Crippen molar-refractivity contribution in [3.8, 4) is 0 Å². The summed E-state index contributed by atoms with van der Waals surface area (Å²) in [5.41, 5.74) is 2.82. The molecule has 2 rings (SSSR count). The van der Waals surface area contributed by atoms with Gasteiger partial charge in [-0.1, -0.05) is 48.9 Å². The molecule has 0 bridgehead atoms. The predicted octanol–water partition coefficient (Wildman–Crippen LogP) is 5.11. The molecular weight excluding hydrogens is 216 g/mol. The number of rotatable bonds is 3. The second-order valence-electron chi connectivity index (χ2n) is 4.20. The number of allylic oxidation sites excluding steroid dienone is 4. The number of halogens is 1. The van der Waals surface area contributed by atoms with E-state index in [-0.39, 0.29) is 0 Å². The fourth-order valence-corrected chi connectivity index (χ4v) is 2.38. The molecule has 1 aliphatic rings. The van der Waals surface area contributed by atoms with Gasteiger partial charge in [-0.05, 0) is 42.5 Å². The summed E-state index contributed by atoms with van der Waals surface area (Å²) in [6.07, 6.45) is 10.4. The highest BCUT2D eigenvalue weighted by molar-refractivity contribution is 6.30. The summed E-state index contributed by atoms with van der Waals surface area (Å²) in [4.78, 5) is 0. The first kappa shape index (κ1) is 11.5. The van der Waals surface area contributed by atoms with Gasteiger partial charge in [-0.15, -0.1) is 0 Å². The Balaban J connectivity index is 2.25. The molecule has 0 aliphatic heterocycles. The van der Waals surface area contributed by atoms with Gasteiger partial charge in [0.25, 0.3) is 0 Å². The van der Waals surface area contributed by atoms with E-state index in [0.717, 1.165) is 11.4 Å². The summed E-state index contributed by atoms with van der Waals surface area (Å²) in [6, 6.07) is 8.23. The van der Waals surface area contributed by atoms with Crippen LogP contribution in [0.15, 0.2) is 48.1 Å². The lowest BCUT2D eigenvalue weighted by Gasteiger charge is -2.19. The Labute approximate surface area is 103 Å². The van der Waals surface area contributed by atoms with E-state index >= 15 is 0 Å². The highest BCUT2D eigenvalue weighted by atomic mass is 35.5. The van der Waals surface area contributed by atoms with Crippen LogP contribution in [0.5, 0.6) is 0 Å². The Morgan fingerprint density at radius 2 is 1.94 bits per heavy atom. The Hall–Kier alpha value is -1.01. The van der Waals surface area contributed by atoms with Gasteiger partial charge >= 0.3 is 0 Å². The highest BCUT2D eigenvalue weighted by Crippen LogP contribution is 2.31. The van der Waals surface area contributed by atoms with Gasteiger partial charge in [0.1, 0.15) is 0 Å². The van der Waals surface area contributed by atoms with Gasteiger partial charge in [0.05, 0.1) is 0 Å². The van der Waals surface area contributed by atoms with Crippen molar-refractivity contribution in [2.45, 2.75) is 32.1 Å². The van der Waals surface area contributed by atoms with E-state index in [1.807, 2.05) is 12.1 Å². The molecular formula is C15H17Cl. The maximum atomic E-state index is 5.92. The first-order valence-corrected chi connectivity index (χ1v) is 6.31. The maximum absolute atomic E-state index is 5.92. The van der Waals surface area contributed by atoms with Crippen molar-refractivity contribution in [3.05, 3.63) is 58.7 Å². The lowest BCUT2D eigenvalue weighted by molar-refractivity contribution is 0.763. The zero-order chi connectivity index (χ0) is 11.4. The van der Waals surface area contributed by atoms with E-state index in [1.165, 1.54) is 24.0 Å². The smallest absolute Gasteiger partial charge is 0.0406 e. The van der Waals surface area contributed by atoms with E-state index < -0.39 is 0 Å². The van der Waals surface area contributed by atoms with Crippen LogP contribution in [0, 0.1) is 0 Å². The van der Waals surface area contributed by atoms with Gasteiger partial charge in [-0.25, -0.2) is 0 Å². The molecule has 0 amide bonds. The molecule has 0 N–H and O–H groups in total. The second-order valence-corrected chi connectivity index (χ2v) is 4.63. The number of hydrogen-bond acceptors (Lipinski definition) is 0. The Kier molecular flexibility index (Phi) is 3.84. The molecule has 84 valence electrons. The van der Waals surface area contributed by atoms with Crippen LogP contribution in [0.3, 0.4) is 0 Å². The molecule has 0 spiro atoms. The monoisotopic (exact) mass is 232 g/mol. The molecule has 0 fully saturated rings. The third-order valence-electron chi connectivity index (χ3n) is 3.11. The number of hydrogen-bond donors (Lipinski definition) is 0. The summed E-state index contributed by atoms with van der Waals surface area (Å²) in [7, 11) is 0. The van der Waals surface area contributed by atoms with Gasteiger partial charge in [-0.3, -0.25) is 0 Å².